The Morgan fingerprint density at radius 3 is 2.31 bits per heavy atom. The summed E-state index contributed by atoms with van der Waals surface area (Å²) >= 11 is 5.78. The maximum atomic E-state index is 10.6. The van der Waals surface area contributed by atoms with E-state index in [2.05, 4.69) is 6.92 Å². The van der Waals surface area contributed by atoms with Gasteiger partial charge in [-0.1, -0.05) is 32.6 Å². The van der Waals surface area contributed by atoms with Crippen molar-refractivity contribution in [3.05, 3.63) is 0 Å². The number of halogens is 2. The van der Waals surface area contributed by atoms with Gasteiger partial charge in [0.05, 0.1) is 5.75 Å². The minimum absolute atomic E-state index is 0.123. The fourth-order valence-corrected chi connectivity index (χ4v) is 2.99. The van der Waals surface area contributed by atoms with Gasteiger partial charge in [0.1, 0.15) is 0 Å². The van der Waals surface area contributed by atoms with E-state index in [0.29, 0.717) is 0 Å². The number of rotatable bonds is 7. The SMILES string of the molecule is CCCCCCC(Cl)CS(=O)(=O)Cl. The smallest absolute Gasteiger partial charge is 0.212 e. The summed E-state index contributed by atoms with van der Waals surface area (Å²) in [5.74, 6) is -0.123. The van der Waals surface area contributed by atoms with E-state index in [0.717, 1.165) is 19.3 Å². The second-order valence-corrected chi connectivity index (χ2v) is 6.59. The minimum atomic E-state index is -3.43. The van der Waals surface area contributed by atoms with Crippen molar-refractivity contribution in [2.24, 2.45) is 0 Å². The molecule has 1 atom stereocenters. The Hall–Kier alpha value is 0.530. The summed E-state index contributed by atoms with van der Waals surface area (Å²) < 4.78 is 21.2. The van der Waals surface area contributed by atoms with Crippen LogP contribution in [0.5, 0.6) is 0 Å². The van der Waals surface area contributed by atoms with Crippen molar-refractivity contribution in [1.82, 2.24) is 0 Å². The van der Waals surface area contributed by atoms with E-state index in [9.17, 15) is 8.42 Å². The van der Waals surface area contributed by atoms with Crippen molar-refractivity contribution in [2.45, 2.75) is 44.4 Å². The largest absolute Gasteiger partial charge is 0.234 e. The van der Waals surface area contributed by atoms with Gasteiger partial charge < -0.3 is 0 Å². The first-order valence-electron chi connectivity index (χ1n) is 4.52. The summed E-state index contributed by atoms with van der Waals surface area (Å²) in [7, 11) is 1.63. The van der Waals surface area contributed by atoms with Crippen LogP contribution in [0, 0.1) is 0 Å². The van der Waals surface area contributed by atoms with Crippen molar-refractivity contribution in [1.29, 1.82) is 0 Å². The summed E-state index contributed by atoms with van der Waals surface area (Å²) in [6.07, 6.45) is 5.17. The quantitative estimate of drug-likeness (QED) is 0.393. The third-order valence-corrected chi connectivity index (χ3v) is 3.48. The fraction of sp³-hybridized carbons (Fsp3) is 1.00. The summed E-state index contributed by atoms with van der Waals surface area (Å²) in [6.45, 7) is 2.13. The third-order valence-electron chi connectivity index (χ3n) is 1.75. The van der Waals surface area contributed by atoms with Crippen LogP contribution in [-0.4, -0.2) is 19.5 Å². The molecule has 2 nitrogen and oxygen atoms in total. The zero-order chi connectivity index (χ0) is 10.3. The van der Waals surface area contributed by atoms with Crippen molar-refractivity contribution in [3.63, 3.8) is 0 Å². The van der Waals surface area contributed by atoms with Crippen LogP contribution in [0.25, 0.3) is 0 Å². The molecule has 80 valence electrons. The molecule has 0 aromatic heterocycles. The molecule has 0 aliphatic rings. The number of hydrogen-bond donors (Lipinski definition) is 0. The van der Waals surface area contributed by atoms with E-state index in [-0.39, 0.29) is 11.1 Å². The highest BCUT2D eigenvalue weighted by Gasteiger charge is 2.13. The predicted molar refractivity (Wildman–Crippen MR) is 58.0 cm³/mol. The Morgan fingerprint density at radius 1 is 1.23 bits per heavy atom. The molecule has 0 bridgehead atoms. The molecule has 1 unspecified atom stereocenters. The van der Waals surface area contributed by atoms with Crippen LogP contribution in [0.2, 0.25) is 0 Å². The molecular formula is C8H16Cl2O2S. The lowest BCUT2D eigenvalue weighted by molar-refractivity contribution is 0.596. The number of hydrogen-bond acceptors (Lipinski definition) is 2. The molecule has 0 N–H and O–H groups in total. The second-order valence-electron chi connectivity index (χ2n) is 3.15. The van der Waals surface area contributed by atoms with Crippen molar-refractivity contribution in [3.8, 4) is 0 Å². The molecule has 0 heterocycles. The van der Waals surface area contributed by atoms with E-state index >= 15 is 0 Å². The molecule has 0 aliphatic heterocycles. The zero-order valence-electron chi connectivity index (χ0n) is 7.80. The van der Waals surface area contributed by atoms with Gasteiger partial charge in [-0.25, -0.2) is 8.42 Å². The van der Waals surface area contributed by atoms with Crippen LogP contribution in [-0.2, 0) is 9.05 Å². The van der Waals surface area contributed by atoms with E-state index in [4.69, 9.17) is 22.3 Å². The minimum Gasteiger partial charge on any atom is -0.212 e. The molecule has 0 aromatic carbocycles. The average molecular weight is 247 g/mol. The van der Waals surface area contributed by atoms with E-state index in [1.165, 1.54) is 12.8 Å². The molecule has 5 heteroatoms. The van der Waals surface area contributed by atoms with E-state index in [1.54, 1.807) is 0 Å². The second kappa shape index (κ2) is 6.91. The highest BCUT2D eigenvalue weighted by atomic mass is 35.7. The number of alkyl halides is 1. The van der Waals surface area contributed by atoms with Gasteiger partial charge in [0.2, 0.25) is 9.05 Å². The topological polar surface area (TPSA) is 34.1 Å². The Labute approximate surface area is 90.0 Å². The maximum absolute atomic E-state index is 10.6. The molecule has 0 spiro atoms. The first-order chi connectivity index (χ1) is 5.95. The first kappa shape index (κ1) is 13.5. The van der Waals surface area contributed by atoms with Crippen LogP contribution >= 0.6 is 22.3 Å². The molecule has 0 saturated carbocycles. The maximum Gasteiger partial charge on any atom is 0.234 e. The van der Waals surface area contributed by atoms with E-state index in [1.807, 2.05) is 0 Å². The Balaban J connectivity index is 3.47. The van der Waals surface area contributed by atoms with E-state index < -0.39 is 9.05 Å². The van der Waals surface area contributed by atoms with Crippen molar-refractivity contribution >= 4 is 31.3 Å². The Morgan fingerprint density at radius 2 is 1.85 bits per heavy atom. The third kappa shape index (κ3) is 10.5. The molecular weight excluding hydrogens is 231 g/mol. The standard InChI is InChI=1S/C8H16Cl2O2S/c1-2-3-4-5-6-8(9)7-13(10,11)12/h8H,2-7H2,1H3. The summed E-state index contributed by atoms with van der Waals surface area (Å²) in [6, 6.07) is 0. The van der Waals surface area contributed by atoms with Crippen molar-refractivity contribution < 1.29 is 8.42 Å². The predicted octanol–water partition coefficient (Wildman–Crippen LogP) is 3.13. The molecule has 13 heavy (non-hydrogen) atoms. The molecule has 0 aliphatic carbocycles. The first-order valence-corrected chi connectivity index (χ1v) is 7.43. The normalized spacial score (nSPS) is 14.4. The summed E-state index contributed by atoms with van der Waals surface area (Å²) in [5.41, 5.74) is 0. The molecule has 0 aromatic rings. The molecule has 0 rings (SSSR count). The molecule has 0 saturated heterocycles. The van der Waals surface area contributed by atoms with Gasteiger partial charge in [0.15, 0.2) is 0 Å². The van der Waals surface area contributed by atoms with Gasteiger partial charge in [0.25, 0.3) is 0 Å². The fourth-order valence-electron chi connectivity index (χ4n) is 1.09. The van der Waals surface area contributed by atoms with Gasteiger partial charge >= 0.3 is 0 Å². The monoisotopic (exact) mass is 246 g/mol. The van der Waals surface area contributed by atoms with Gasteiger partial charge in [0, 0.05) is 16.1 Å². The van der Waals surface area contributed by atoms with Crippen LogP contribution in [0.15, 0.2) is 0 Å². The van der Waals surface area contributed by atoms with Crippen LogP contribution < -0.4 is 0 Å². The number of unbranched alkanes of at least 4 members (excludes halogenated alkanes) is 3. The van der Waals surface area contributed by atoms with Gasteiger partial charge in [-0.05, 0) is 6.42 Å². The highest BCUT2D eigenvalue weighted by Crippen LogP contribution is 2.13. The molecule has 0 fully saturated rings. The highest BCUT2D eigenvalue weighted by molar-refractivity contribution is 8.13. The summed E-state index contributed by atoms with van der Waals surface area (Å²) in [4.78, 5) is 0. The lowest BCUT2D eigenvalue weighted by Crippen LogP contribution is -2.11. The van der Waals surface area contributed by atoms with Crippen molar-refractivity contribution in [2.75, 3.05) is 5.75 Å². The van der Waals surface area contributed by atoms with Gasteiger partial charge in [-0.2, -0.15) is 0 Å². The lowest BCUT2D eigenvalue weighted by Gasteiger charge is -2.05. The lowest BCUT2D eigenvalue weighted by atomic mass is 10.1. The average Bonchev–Trinajstić information content (AvgIpc) is 1.94. The molecule has 0 radical (unpaired) electrons. The van der Waals surface area contributed by atoms with Crippen LogP contribution in [0.4, 0.5) is 0 Å². The Kier molecular flexibility index (Phi) is 7.19. The van der Waals surface area contributed by atoms with Crippen LogP contribution in [0.1, 0.15) is 39.0 Å². The Bertz CT molecular complexity index is 214. The summed E-state index contributed by atoms with van der Waals surface area (Å²) in [5, 5.41) is -0.334. The van der Waals surface area contributed by atoms with Gasteiger partial charge in [-0.3, -0.25) is 0 Å². The zero-order valence-corrected chi connectivity index (χ0v) is 10.1. The van der Waals surface area contributed by atoms with Crippen LogP contribution in [0.3, 0.4) is 0 Å². The van der Waals surface area contributed by atoms with Gasteiger partial charge in [-0.15, -0.1) is 11.6 Å². The molecule has 0 amide bonds.